The highest BCUT2D eigenvalue weighted by Gasteiger charge is 2.19. The minimum atomic E-state index is -0.802. The second kappa shape index (κ2) is 5.16. The Kier molecular flexibility index (Phi) is 3.77. The van der Waals surface area contributed by atoms with Crippen molar-refractivity contribution in [2.24, 2.45) is 0 Å². The molecule has 1 aromatic carbocycles. The molecule has 0 aliphatic rings. The third kappa shape index (κ3) is 3.14. The SMILES string of the molecule is CSCC(C)(O)CNc1nc2ccc(F)cc2[nH]1. The molecule has 1 atom stereocenters. The summed E-state index contributed by atoms with van der Waals surface area (Å²) in [6, 6.07) is 4.39. The number of imidazole rings is 1. The van der Waals surface area contributed by atoms with Crippen LogP contribution in [-0.4, -0.2) is 39.2 Å². The van der Waals surface area contributed by atoms with Crippen molar-refractivity contribution in [3.8, 4) is 0 Å². The van der Waals surface area contributed by atoms with Gasteiger partial charge in [-0.2, -0.15) is 11.8 Å². The number of nitrogens with zero attached hydrogens (tertiary/aromatic N) is 1. The number of nitrogens with one attached hydrogen (secondary N) is 2. The Hall–Kier alpha value is -1.27. The highest BCUT2D eigenvalue weighted by Crippen LogP contribution is 2.17. The van der Waals surface area contributed by atoms with E-state index in [9.17, 15) is 9.50 Å². The Morgan fingerprint density at radius 3 is 3.06 bits per heavy atom. The van der Waals surface area contributed by atoms with E-state index in [0.29, 0.717) is 29.3 Å². The third-order valence-corrected chi connectivity index (χ3v) is 3.45. The molecule has 0 amide bonds. The van der Waals surface area contributed by atoms with E-state index < -0.39 is 5.60 Å². The van der Waals surface area contributed by atoms with Crippen LogP contribution in [0.25, 0.3) is 11.0 Å². The van der Waals surface area contributed by atoms with Crippen LogP contribution in [0, 0.1) is 5.82 Å². The highest BCUT2D eigenvalue weighted by atomic mass is 32.2. The molecule has 2 rings (SSSR count). The molecular weight excluding hydrogens is 253 g/mol. The summed E-state index contributed by atoms with van der Waals surface area (Å²) >= 11 is 1.58. The van der Waals surface area contributed by atoms with Crippen LogP contribution in [0.1, 0.15) is 6.92 Å². The number of rotatable bonds is 5. The van der Waals surface area contributed by atoms with Crippen molar-refractivity contribution in [2.75, 3.05) is 23.9 Å². The van der Waals surface area contributed by atoms with Gasteiger partial charge in [-0.15, -0.1) is 0 Å². The minimum Gasteiger partial charge on any atom is -0.387 e. The lowest BCUT2D eigenvalue weighted by molar-refractivity contribution is 0.0995. The van der Waals surface area contributed by atoms with Crippen molar-refractivity contribution >= 4 is 28.7 Å². The summed E-state index contributed by atoms with van der Waals surface area (Å²) in [4.78, 5) is 7.24. The quantitative estimate of drug-likeness (QED) is 0.779. The first kappa shape index (κ1) is 13.2. The molecule has 18 heavy (non-hydrogen) atoms. The van der Waals surface area contributed by atoms with Gasteiger partial charge < -0.3 is 15.4 Å². The van der Waals surface area contributed by atoms with Crippen molar-refractivity contribution in [3.05, 3.63) is 24.0 Å². The Balaban J connectivity index is 2.08. The standard InChI is InChI=1S/C12H16FN3OS/c1-12(17,7-18-2)6-14-11-15-9-4-3-8(13)5-10(9)16-11/h3-5,17H,6-7H2,1-2H3,(H2,14,15,16). The monoisotopic (exact) mass is 269 g/mol. The van der Waals surface area contributed by atoms with Gasteiger partial charge >= 0.3 is 0 Å². The zero-order chi connectivity index (χ0) is 13.2. The van der Waals surface area contributed by atoms with E-state index in [1.807, 2.05) is 6.26 Å². The van der Waals surface area contributed by atoms with E-state index in [-0.39, 0.29) is 5.82 Å². The van der Waals surface area contributed by atoms with Gasteiger partial charge in [0, 0.05) is 12.3 Å². The van der Waals surface area contributed by atoms with Gasteiger partial charge in [0.05, 0.1) is 16.6 Å². The number of hydrogen-bond donors (Lipinski definition) is 3. The van der Waals surface area contributed by atoms with E-state index in [1.165, 1.54) is 12.1 Å². The van der Waals surface area contributed by atoms with Gasteiger partial charge in [-0.1, -0.05) is 0 Å². The molecule has 0 saturated heterocycles. The number of thioether (sulfide) groups is 1. The van der Waals surface area contributed by atoms with E-state index in [2.05, 4.69) is 15.3 Å². The number of halogens is 1. The number of hydrogen-bond acceptors (Lipinski definition) is 4. The normalized spacial score (nSPS) is 14.7. The van der Waals surface area contributed by atoms with Gasteiger partial charge in [0.1, 0.15) is 5.82 Å². The van der Waals surface area contributed by atoms with Crippen molar-refractivity contribution in [3.63, 3.8) is 0 Å². The van der Waals surface area contributed by atoms with Crippen LogP contribution < -0.4 is 5.32 Å². The molecule has 0 spiro atoms. The first-order valence-corrected chi connectivity index (χ1v) is 7.00. The second-order valence-electron chi connectivity index (χ2n) is 4.53. The first-order chi connectivity index (χ1) is 8.50. The average molecular weight is 269 g/mol. The van der Waals surface area contributed by atoms with Gasteiger partial charge in [0.15, 0.2) is 0 Å². The van der Waals surface area contributed by atoms with Crippen LogP contribution in [0.5, 0.6) is 0 Å². The molecule has 1 heterocycles. The lowest BCUT2D eigenvalue weighted by atomic mass is 10.1. The zero-order valence-electron chi connectivity index (χ0n) is 10.3. The van der Waals surface area contributed by atoms with E-state index in [1.54, 1.807) is 24.8 Å². The molecule has 2 aromatic rings. The predicted octanol–water partition coefficient (Wildman–Crippen LogP) is 2.23. The molecule has 4 nitrogen and oxygen atoms in total. The third-order valence-electron chi connectivity index (χ3n) is 2.54. The molecular formula is C12H16FN3OS. The molecule has 0 bridgehead atoms. The summed E-state index contributed by atoms with van der Waals surface area (Å²) in [5.74, 6) is 0.874. The van der Waals surface area contributed by atoms with Crippen LogP contribution in [0.2, 0.25) is 0 Å². The maximum Gasteiger partial charge on any atom is 0.201 e. The number of aliphatic hydroxyl groups is 1. The topological polar surface area (TPSA) is 60.9 Å². The Morgan fingerprint density at radius 1 is 1.56 bits per heavy atom. The Bertz CT molecular complexity index is 541. The number of H-pyrrole nitrogens is 1. The molecule has 0 radical (unpaired) electrons. The summed E-state index contributed by atoms with van der Waals surface area (Å²) in [5.41, 5.74) is 0.536. The summed E-state index contributed by atoms with van der Waals surface area (Å²) in [7, 11) is 0. The molecule has 3 N–H and O–H groups in total. The van der Waals surface area contributed by atoms with Crippen LogP contribution in [-0.2, 0) is 0 Å². The molecule has 0 saturated carbocycles. The maximum absolute atomic E-state index is 13.0. The fraction of sp³-hybridized carbons (Fsp3) is 0.417. The number of fused-ring (bicyclic) bond motifs is 1. The fourth-order valence-corrected chi connectivity index (χ4v) is 2.43. The molecule has 98 valence electrons. The number of benzene rings is 1. The van der Waals surface area contributed by atoms with Crippen LogP contribution in [0.15, 0.2) is 18.2 Å². The number of anilines is 1. The summed E-state index contributed by atoms with van der Waals surface area (Å²) in [6.07, 6.45) is 1.94. The summed E-state index contributed by atoms with van der Waals surface area (Å²) in [6.45, 7) is 2.15. The van der Waals surface area contributed by atoms with Gasteiger partial charge in [-0.05, 0) is 31.4 Å². The molecule has 1 unspecified atom stereocenters. The van der Waals surface area contributed by atoms with Gasteiger partial charge in [-0.3, -0.25) is 0 Å². The number of aromatic nitrogens is 2. The molecule has 1 aromatic heterocycles. The highest BCUT2D eigenvalue weighted by molar-refractivity contribution is 7.98. The largest absolute Gasteiger partial charge is 0.387 e. The zero-order valence-corrected chi connectivity index (χ0v) is 11.1. The Labute approximate surface area is 109 Å². The lowest BCUT2D eigenvalue weighted by Crippen LogP contribution is -2.36. The molecule has 0 aliphatic heterocycles. The van der Waals surface area contributed by atoms with Crippen molar-refractivity contribution < 1.29 is 9.50 Å². The van der Waals surface area contributed by atoms with Gasteiger partial charge in [0.2, 0.25) is 5.95 Å². The van der Waals surface area contributed by atoms with Crippen LogP contribution in [0.4, 0.5) is 10.3 Å². The molecule has 0 aliphatic carbocycles. The van der Waals surface area contributed by atoms with Gasteiger partial charge in [-0.25, -0.2) is 9.37 Å². The first-order valence-electron chi connectivity index (χ1n) is 5.61. The van der Waals surface area contributed by atoms with Crippen molar-refractivity contribution in [1.82, 2.24) is 9.97 Å². The smallest absolute Gasteiger partial charge is 0.201 e. The summed E-state index contributed by atoms with van der Waals surface area (Å²) in [5, 5.41) is 13.0. The van der Waals surface area contributed by atoms with Crippen molar-refractivity contribution in [1.29, 1.82) is 0 Å². The van der Waals surface area contributed by atoms with Crippen LogP contribution in [0.3, 0.4) is 0 Å². The lowest BCUT2D eigenvalue weighted by Gasteiger charge is -2.22. The minimum absolute atomic E-state index is 0.299. The second-order valence-corrected chi connectivity index (χ2v) is 5.40. The maximum atomic E-state index is 13.0. The number of aromatic amines is 1. The molecule has 6 heteroatoms. The molecule has 0 fully saturated rings. The summed E-state index contributed by atoms with van der Waals surface area (Å²) < 4.78 is 13.0. The van der Waals surface area contributed by atoms with E-state index in [4.69, 9.17) is 0 Å². The fourth-order valence-electron chi connectivity index (χ4n) is 1.70. The predicted molar refractivity (Wildman–Crippen MR) is 73.5 cm³/mol. The van der Waals surface area contributed by atoms with Crippen molar-refractivity contribution in [2.45, 2.75) is 12.5 Å². The van der Waals surface area contributed by atoms with E-state index >= 15 is 0 Å². The van der Waals surface area contributed by atoms with Gasteiger partial charge in [0.25, 0.3) is 0 Å². The Morgan fingerprint density at radius 2 is 2.33 bits per heavy atom. The van der Waals surface area contributed by atoms with E-state index in [0.717, 1.165) is 0 Å². The average Bonchev–Trinajstić information content (AvgIpc) is 2.68. The van der Waals surface area contributed by atoms with Crippen LogP contribution >= 0.6 is 11.8 Å².